The number of carbonyl (C=O) groups is 1. The highest BCUT2D eigenvalue weighted by Crippen LogP contribution is 2.39. The Morgan fingerprint density at radius 2 is 2.20 bits per heavy atom. The second-order valence-corrected chi connectivity index (χ2v) is 6.87. The Morgan fingerprint density at radius 3 is 2.90 bits per heavy atom. The van der Waals surface area contributed by atoms with Gasteiger partial charge in [0.25, 0.3) is 0 Å². The van der Waals surface area contributed by atoms with E-state index >= 15 is 0 Å². The molecule has 0 aliphatic carbocycles. The van der Waals surface area contributed by atoms with Crippen LogP contribution >= 0.6 is 0 Å². The maximum absolute atomic E-state index is 13.5. The van der Waals surface area contributed by atoms with Gasteiger partial charge in [0.1, 0.15) is 18.4 Å². The first kappa shape index (κ1) is 21.7. The second-order valence-electron chi connectivity index (χ2n) is 6.87. The number of benzene rings is 1. The molecule has 1 N–H and O–H groups in total. The average molecular weight is 425 g/mol. The van der Waals surface area contributed by atoms with E-state index in [1.54, 1.807) is 6.08 Å². The molecule has 2 aromatic rings. The number of rotatable bonds is 7. The minimum atomic E-state index is -4.63. The van der Waals surface area contributed by atoms with Gasteiger partial charge in [-0.3, -0.25) is 4.90 Å². The number of halogens is 3. The van der Waals surface area contributed by atoms with E-state index in [2.05, 4.69) is 10.1 Å². The second kappa shape index (κ2) is 9.19. The van der Waals surface area contributed by atoms with Gasteiger partial charge in [0.15, 0.2) is 0 Å². The molecule has 0 unspecified atom stereocenters. The monoisotopic (exact) mass is 425 g/mol. The summed E-state index contributed by atoms with van der Waals surface area (Å²) < 4.78 is 51.0. The summed E-state index contributed by atoms with van der Waals surface area (Å²) in [6, 6.07) is 2.95. The Bertz CT molecular complexity index is 911. The number of likely N-dealkylation sites (tertiary alicyclic amines) is 1. The Kier molecular flexibility index (Phi) is 6.63. The number of hydrogen-bond acceptors (Lipinski definition) is 5. The van der Waals surface area contributed by atoms with E-state index in [-0.39, 0.29) is 29.6 Å². The molecule has 1 aromatic heterocycles. The molecule has 1 saturated heterocycles. The summed E-state index contributed by atoms with van der Waals surface area (Å²) in [5, 5.41) is 13.0. The van der Waals surface area contributed by atoms with Crippen LogP contribution in [0.15, 0.2) is 34.9 Å². The zero-order valence-corrected chi connectivity index (χ0v) is 16.4. The van der Waals surface area contributed by atoms with Crippen LogP contribution in [0.4, 0.5) is 18.0 Å². The number of carboxylic acid groups (broad SMARTS) is 1. The number of amides is 1. The van der Waals surface area contributed by atoms with Gasteiger partial charge in [-0.25, -0.2) is 4.79 Å². The van der Waals surface area contributed by atoms with Crippen LogP contribution in [-0.4, -0.2) is 39.4 Å². The smallest absolute Gasteiger partial charge is 0.419 e. The maximum atomic E-state index is 13.5. The predicted octanol–water partition coefficient (Wildman–Crippen LogP) is 5.31. The molecular formula is C20H22F3N3O4. The van der Waals surface area contributed by atoms with Crippen LogP contribution < -0.4 is 4.74 Å². The third-order valence-corrected chi connectivity index (χ3v) is 4.73. The summed E-state index contributed by atoms with van der Waals surface area (Å²) in [7, 11) is 0. The summed E-state index contributed by atoms with van der Waals surface area (Å²) >= 11 is 0. The quantitative estimate of drug-likeness (QED) is 0.605. The lowest BCUT2D eigenvalue weighted by molar-refractivity contribution is -0.138. The Morgan fingerprint density at radius 1 is 1.40 bits per heavy atom. The van der Waals surface area contributed by atoms with Crippen molar-refractivity contribution in [2.45, 2.75) is 44.8 Å². The van der Waals surface area contributed by atoms with Crippen molar-refractivity contribution < 1.29 is 32.3 Å². The van der Waals surface area contributed by atoms with Crippen LogP contribution in [-0.2, 0) is 6.18 Å². The molecule has 0 saturated carbocycles. The summed E-state index contributed by atoms with van der Waals surface area (Å²) in [6.45, 7) is 2.37. The van der Waals surface area contributed by atoms with Crippen molar-refractivity contribution in [3.05, 3.63) is 41.8 Å². The van der Waals surface area contributed by atoms with Crippen LogP contribution in [0.2, 0.25) is 0 Å². The Balaban J connectivity index is 1.83. The van der Waals surface area contributed by atoms with Gasteiger partial charge in [-0.05, 0) is 37.5 Å². The molecular weight excluding hydrogens is 403 g/mol. The van der Waals surface area contributed by atoms with Crippen molar-refractivity contribution in [3.8, 4) is 17.1 Å². The van der Waals surface area contributed by atoms with Crippen molar-refractivity contribution >= 4 is 6.09 Å². The highest BCUT2D eigenvalue weighted by molar-refractivity contribution is 5.66. The van der Waals surface area contributed by atoms with E-state index in [0.717, 1.165) is 18.9 Å². The van der Waals surface area contributed by atoms with Gasteiger partial charge >= 0.3 is 12.3 Å². The van der Waals surface area contributed by atoms with Gasteiger partial charge in [-0.2, -0.15) is 18.2 Å². The number of unbranched alkanes of at least 4 members (excludes halogenated alkanes) is 1. The van der Waals surface area contributed by atoms with Crippen molar-refractivity contribution in [1.29, 1.82) is 0 Å². The highest BCUT2D eigenvalue weighted by atomic mass is 19.4. The number of alkyl halides is 3. The molecule has 1 amide bonds. The predicted molar refractivity (Wildman–Crippen MR) is 101 cm³/mol. The van der Waals surface area contributed by atoms with Gasteiger partial charge in [-0.1, -0.05) is 30.7 Å². The lowest BCUT2D eigenvalue weighted by Crippen LogP contribution is -2.28. The average Bonchev–Trinajstić information content (AvgIpc) is 3.36. The molecule has 30 heavy (non-hydrogen) atoms. The van der Waals surface area contributed by atoms with E-state index in [1.165, 1.54) is 17.0 Å². The SMILES string of the molecule is CCCC=CCOc1ccc(-c2noc([C@@H]3CCCN3C(=O)O)n2)cc1C(F)(F)F. The van der Waals surface area contributed by atoms with Gasteiger partial charge in [0.05, 0.1) is 5.56 Å². The minimum absolute atomic E-state index is 0.0293. The normalized spacial score (nSPS) is 17.1. The lowest BCUT2D eigenvalue weighted by Gasteiger charge is -2.17. The van der Waals surface area contributed by atoms with Gasteiger partial charge in [0, 0.05) is 12.1 Å². The summed E-state index contributed by atoms with van der Waals surface area (Å²) in [5.41, 5.74) is -0.839. The molecule has 1 fully saturated rings. The first-order chi connectivity index (χ1) is 14.3. The first-order valence-corrected chi connectivity index (χ1v) is 9.63. The molecule has 0 radical (unpaired) electrons. The molecule has 3 rings (SSSR count). The number of nitrogens with zero attached hydrogens (tertiary/aromatic N) is 3. The molecule has 10 heteroatoms. The molecule has 0 bridgehead atoms. The summed E-state index contributed by atoms with van der Waals surface area (Å²) in [5.74, 6) is -0.258. The molecule has 0 spiro atoms. The van der Waals surface area contributed by atoms with Crippen molar-refractivity contribution in [2.24, 2.45) is 0 Å². The van der Waals surface area contributed by atoms with Crippen LogP contribution in [0.1, 0.15) is 50.1 Å². The molecule has 1 aromatic carbocycles. The lowest BCUT2D eigenvalue weighted by atomic mass is 10.1. The number of hydrogen-bond donors (Lipinski definition) is 1. The van der Waals surface area contributed by atoms with Crippen molar-refractivity contribution in [2.75, 3.05) is 13.2 Å². The van der Waals surface area contributed by atoms with Crippen molar-refractivity contribution in [3.63, 3.8) is 0 Å². The molecule has 1 atom stereocenters. The van der Waals surface area contributed by atoms with E-state index in [1.807, 2.05) is 13.0 Å². The van der Waals surface area contributed by atoms with Crippen molar-refractivity contribution in [1.82, 2.24) is 15.0 Å². The fraction of sp³-hybridized carbons (Fsp3) is 0.450. The Hall–Kier alpha value is -3.04. The number of ether oxygens (including phenoxy) is 1. The van der Waals surface area contributed by atoms with Gasteiger partial charge in [0.2, 0.25) is 11.7 Å². The van der Waals surface area contributed by atoms with Crippen LogP contribution in [0.5, 0.6) is 5.75 Å². The molecule has 162 valence electrons. The maximum Gasteiger partial charge on any atom is 0.419 e. The molecule has 1 aliphatic heterocycles. The van der Waals surface area contributed by atoms with Gasteiger partial charge in [-0.15, -0.1) is 0 Å². The highest BCUT2D eigenvalue weighted by Gasteiger charge is 2.36. The number of aromatic nitrogens is 2. The van der Waals surface area contributed by atoms with E-state index in [4.69, 9.17) is 9.26 Å². The van der Waals surface area contributed by atoms with E-state index in [0.29, 0.717) is 19.4 Å². The third-order valence-electron chi connectivity index (χ3n) is 4.73. The van der Waals surface area contributed by atoms with Gasteiger partial charge < -0.3 is 14.4 Å². The molecule has 2 heterocycles. The largest absolute Gasteiger partial charge is 0.489 e. The van der Waals surface area contributed by atoms with Crippen LogP contribution in [0.25, 0.3) is 11.4 Å². The minimum Gasteiger partial charge on any atom is -0.489 e. The zero-order valence-electron chi connectivity index (χ0n) is 16.4. The molecule has 7 nitrogen and oxygen atoms in total. The van der Waals surface area contributed by atoms with Crippen LogP contribution in [0, 0.1) is 0 Å². The Labute approximate surface area is 171 Å². The fourth-order valence-corrected chi connectivity index (χ4v) is 3.25. The number of allylic oxidation sites excluding steroid dienone is 1. The van der Waals surface area contributed by atoms with E-state index in [9.17, 15) is 23.1 Å². The first-order valence-electron chi connectivity index (χ1n) is 9.63. The standard InChI is InChI=1S/C20H22F3N3O4/c1-2-3-4-5-11-29-16-9-8-13(12-14(16)20(21,22)23)17-24-18(30-25-17)15-7-6-10-26(15)19(27)28/h4-5,8-9,12,15H,2-3,6-7,10-11H2,1H3,(H,27,28)/t15-/m0/s1. The third kappa shape index (κ3) is 4.92. The fourth-order valence-electron chi connectivity index (χ4n) is 3.25. The molecule has 1 aliphatic rings. The summed E-state index contributed by atoms with van der Waals surface area (Å²) in [6.07, 6.45) is 0.727. The topological polar surface area (TPSA) is 88.7 Å². The zero-order chi connectivity index (χ0) is 21.7. The van der Waals surface area contributed by atoms with E-state index < -0.39 is 23.9 Å². The van der Waals surface area contributed by atoms with Crippen LogP contribution in [0.3, 0.4) is 0 Å². The summed E-state index contributed by atoms with van der Waals surface area (Å²) in [4.78, 5) is 16.6.